The molecule has 0 unspecified atom stereocenters. The normalized spacial score (nSPS) is 14.7. The molecule has 0 bridgehead atoms. The topological polar surface area (TPSA) is 49.9 Å². The van der Waals surface area contributed by atoms with E-state index in [4.69, 9.17) is 4.18 Å². The molecule has 0 spiro atoms. The Morgan fingerprint density at radius 1 is 0.535 bits per heavy atom. The first-order valence-corrected chi connectivity index (χ1v) is 16.3. The lowest BCUT2D eigenvalue weighted by atomic mass is 9.80. The van der Waals surface area contributed by atoms with E-state index >= 15 is 0 Å². The van der Waals surface area contributed by atoms with E-state index in [2.05, 4.69) is 72.2 Å². The minimum absolute atomic E-state index is 0.206. The van der Waals surface area contributed by atoms with Crippen LogP contribution >= 0.6 is 0 Å². The lowest BCUT2D eigenvalue weighted by Gasteiger charge is -2.31. The molecule has 1 aliphatic rings. The van der Waals surface area contributed by atoms with Gasteiger partial charge in [-0.05, 0) is 78.6 Å². The number of para-hydroxylation sites is 2. The molecule has 0 radical (unpaired) electrons. The number of nitrogens with zero attached hydrogens (tertiary/aromatic N) is 2. The number of hydrogen-bond acceptors (Lipinski definition) is 5. The molecular formula is C37H36N2O3S. The van der Waals surface area contributed by atoms with Crippen LogP contribution in [0.3, 0.4) is 0 Å². The maximum atomic E-state index is 13.5. The van der Waals surface area contributed by atoms with Crippen LogP contribution in [0, 0.1) is 0 Å². The van der Waals surface area contributed by atoms with Crippen molar-refractivity contribution in [3.63, 3.8) is 0 Å². The van der Waals surface area contributed by atoms with Crippen LogP contribution in [0.15, 0.2) is 138 Å². The van der Waals surface area contributed by atoms with Crippen molar-refractivity contribution < 1.29 is 12.6 Å². The fraction of sp³-hybridized carbons (Fsp3) is 0.189. The van der Waals surface area contributed by atoms with Crippen molar-refractivity contribution in [3.8, 4) is 0 Å². The summed E-state index contributed by atoms with van der Waals surface area (Å²) in [6.45, 7) is 6.05. The second-order valence-electron chi connectivity index (χ2n) is 10.8. The lowest BCUT2D eigenvalue weighted by Crippen LogP contribution is -2.30. The molecule has 5 aromatic carbocycles. The molecule has 0 atom stereocenters. The molecule has 5 nitrogen and oxygen atoms in total. The predicted molar refractivity (Wildman–Crippen MR) is 175 cm³/mol. The van der Waals surface area contributed by atoms with Crippen LogP contribution in [0.2, 0.25) is 0 Å². The minimum Gasteiger partial charge on any atom is -0.342 e. The zero-order chi connectivity index (χ0) is 29.9. The second kappa shape index (κ2) is 12.1. The van der Waals surface area contributed by atoms with Crippen LogP contribution in [0.4, 0.5) is 22.7 Å². The SMILES string of the molecule is CCCN(c1ccccc1)c1ccc(C2(c3ccc(N(CCC)c4ccccc4)cc3)OS(=O)(=O)c3ccccc32)cc1. The summed E-state index contributed by atoms with van der Waals surface area (Å²) in [5.74, 6) is 0. The van der Waals surface area contributed by atoms with Crippen LogP contribution < -0.4 is 9.80 Å². The summed E-state index contributed by atoms with van der Waals surface area (Å²) in [7, 11) is -3.99. The molecule has 0 fully saturated rings. The molecule has 43 heavy (non-hydrogen) atoms. The molecule has 1 aliphatic heterocycles. The van der Waals surface area contributed by atoms with Crippen molar-refractivity contribution in [1.82, 2.24) is 0 Å². The molecule has 6 rings (SSSR count). The van der Waals surface area contributed by atoms with Gasteiger partial charge in [0.05, 0.1) is 0 Å². The maximum absolute atomic E-state index is 13.5. The zero-order valence-electron chi connectivity index (χ0n) is 24.6. The quantitative estimate of drug-likeness (QED) is 0.153. The number of anilines is 4. The van der Waals surface area contributed by atoms with Gasteiger partial charge in [-0.1, -0.05) is 92.7 Å². The van der Waals surface area contributed by atoms with Gasteiger partial charge in [-0.25, -0.2) is 4.18 Å². The largest absolute Gasteiger partial charge is 0.342 e. The lowest BCUT2D eigenvalue weighted by molar-refractivity contribution is 0.180. The zero-order valence-corrected chi connectivity index (χ0v) is 25.4. The first-order valence-electron chi connectivity index (χ1n) is 14.9. The van der Waals surface area contributed by atoms with Gasteiger partial charge in [0.2, 0.25) is 0 Å². The van der Waals surface area contributed by atoms with E-state index in [0.29, 0.717) is 5.56 Å². The highest BCUT2D eigenvalue weighted by Crippen LogP contribution is 2.50. The highest BCUT2D eigenvalue weighted by Gasteiger charge is 2.51. The fourth-order valence-electron chi connectivity index (χ4n) is 6.03. The Kier molecular flexibility index (Phi) is 8.06. The molecule has 0 aliphatic carbocycles. The third kappa shape index (κ3) is 5.33. The number of benzene rings is 5. The van der Waals surface area contributed by atoms with E-state index in [-0.39, 0.29) is 4.90 Å². The van der Waals surface area contributed by atoms with Gasteiger partial charge in [-0.15, -0.1) is 0 Å². The van der Waals surface area contributed by atoms with Crippen molar-refractivity contribution in [1.29, 1.82) is 0 Å². The molecule has 0 saturated heterocycles. The summed E-state index contributed by atoms with van der Waals surface area (Å²) >= 11 is 0. The Balaban J connectivity index is 1.46. The summed E-state index contributed by atoms with van der Waals surface area (Å²) in [4.78, 5) is 4.76. The number of rotatable bonds is 10. The van der Waals surface area contributed by atoms with E-state index in [0.717, 1.165) is 59.8 Å². The second-order valence-corrected chi connectivity index (χ2v) is 12.3. The van der Waals surface area contributed by atoms with Crippen molar-refractivity contribution in [3.05, 3.63) is 150 Å². The highest BCUT2D eigenvalue weighted by molar-refractivity contribution is 7.87. The van der Waals surface area contributed by atoms with Gasteiger partial charge in [0.15, 0.2) is 5.60 Å². The van der Waals surface area contributed by atoms with Gasteiger partial charge in [-0.2, -0.15) is 8.42 Å². The van der Waals surface area contributed by atoms with E-state index in [9.17, 15) is 8.42 Å². The van der Waals surface area contributed by atoms with Crippen LogP contribution in [-0.4, -0.2) is 21.5 Å². The summed E-state index contributed by atoms with van der Waals surface area (Å²) in [5.41, 5.74) is 5.13. The van der Waals surface area contributed by atoms with E-state index in [1.807, 2.05) is 72.8 Å². The third-order valence-corrected chi connectivity index (χ3v) is 9.34. The number of hydrogen-bond donors (Lipinski definition) is 0. The average Bonchev–Trinajstić information content (AvgIpc) is 3.31. The molecule has 1 heterocycles. The molecule has 5 aromatic rings. The van der Waals surface area contributed by atoms with Crippen LogP contribution in [0.1, 0.15) is 43.4 Å². The summed E-state index contributed by atoms with van der Waals surface area (Å²) in [6, 6.07) is 44.0. The smallest absolute Gasteiger partial charge is 0.298 e. The van der Waals surface area contributed by atoms with Gasteiger partial charge in [-0.3, -0.25) is 0 Å². The molecule has 0 amide bonds. The Hall–Kier alpha value is -4.39. The first-order chi connectivity index (χ1) is 21.0. The van der Waals surface area contributed by atoms with Crippen LogP contribution in [0.5, 0.6) is 0 Å². The van der Waals surface area contributed by atoms with E-state index in [1.165, 1.54) is 0 Å². The molecule has 0 aromatic heterocycles. The van der Waals surface area contributed by atoms with Crippen molar-refractivity contribution in [2.75, 3.05) is 22.9 Å². The average molecular weight is 589 g/mol. The summed E-state index contributed by atoms with van der Waals surface area (Å²) in [5, 5.41) is 0. The van der Waals surface area contributed by atoms with Crippen LogP contribution in [-0.2, 0) is 19.9 Å². The highest BCUT2D eigenvalue weighted by atomic mass is 32.2. The number of fused-ring (bicyclic) bond motifs is 1. The first kappa shape index (κ1) is 28.7. The summed E-state index contributed by atoms with van der Waals surface area (Å²) in [6.07, 6.45) is 1.97. The van der Waals surface area contributed by atoms with Gasteiger partial charge >= 0.3 is 0 Å². The minimum atomic E-state index is -3.99. The maximum Gasteiger partial charge on any atom is 0.298 e. The van der Waals surface area contributed by atoms with Gasteiger partial charge in [0.25, 0.3) is 10.1 Å². The van der Waals surface area contributed by atoms with Gasteiger partial charge < -0.3 is 9.80 Å². The monoisotopic (exact) mass is 588 g/mol. The molecule has 218 valence electrons. The standard InChI is InChI=1S/C37H36N2O3S/c1-3-27-38(31-13-7-5-8-14-31)33-23-19-29(20-24-33)37(35-17-11-12-18-36(35)43(40,41)42-37)30-21-25-34(26-22-30)39(28-4-2)32-15-9-6-10-16-32/h5-26H,3-4,27-28H2,1-2H3. The van der Waals surface area contributed by atoms with Crippen molar-refractivity contribution >= 4 is 32.9 Å². The fourth-order valence-corrected chi connectivity index (χ4v) is 7.46. The van der Waals surface area contributed by atoms with E-state index < -0.39 is 15.7 Å². The Bertz CT molecular complexity index is 1680. The predicted octanol–water partition coefficient (Wildman–Crippen LogP) is 8.79. The van der Waals surface area contributed by atoms with Gasteiger partial charge in [0.1, 0.15) is 4.90 Å². The Morgan fingerprint density at radius 3 is 1.37 bits per heavy atom. The molecule has 0 saturated carbocycles. The molecular weight excluding hydrogens is 552 g/mol. The molecule has 0 N–H and O–H groups in total. The van der Waals surface area contributed by atoms with Crippen molar-refractivity contribution in [2.45, 2.75) is 37.2 Å². The summed E-state index contributed by atoms with van der Waals surface area (Å²) < 4.78 is 33.1. The van der Waals surface area contributed by atoms with Crippen LogP contribution in [0.25, 0.3) is 0 Å². The third-order valence-electron chi connectivity index (χ3n) is 7.97. The molecule has 6 heteroatoms. The Labute approximate surface area is 255 Å². The Morgan fingerprint density at radius 2 is 0.930 bits per heavy atom. The van der Waals surface area contributed by atoms with Crippen molar-refractivity contribution in [2.24, 2.45) is 0 Å². The van der Waals surface area contributed by atoms with Gasteiger partial charge in [0, 0.05) is 41.4 Å². The van der Waals surface area contributed by atoms with E-state index in [1.54, 1.807) is 12.1 Å².